The summed E-state index contributed by atoms with van der Waals surface area (Å²) in [5.41, 5.74) is 5.97. The number of allylic oxidation sites excluding steroid dienone is 2. The molecule has 0 bridgehead atoms. The van der Waals surface area contributed by atoms with E-state index >= 15 is 0 Å². The Morgan fingerprint density at radius 2 is 1.64 bits per heavy atom. The molecule has 4 rings (SSSR count). The summed E-state index contributed by atoms with van der Waals surface area (Å²) in [5, 5.41) is 2.67. The highest BCUT2D eigenvalue weighted by molar-refractivity contribution is 5.83. The highest BCUT2D eigenvalue weighted by atomic mass is 14.2. The molecule has 0 saturated heterocycles. The van der Waals surface area contributed by atoms with E-state index in [1.54, 1.807) is 5.57 Å². The van der Waals surface area contributed by atoms with E-state index in [1.807, 2.05) is 0 Å². The smallest absolute Gasteiger partial charge is 0.0129 e. The van der Waals surface area contributed by atoms with Gasteiger partial charge >= 0.3 is 0 Å². The molecule has 0 fully saturated rings. The minimum Gasteiger partial charge on any atom is -0.0853 e. The predicted molar refractivity (Wildman–Crippen MR) is 108 cm³/mol. The Morgan fingerprint density at radius 3 is 2.44 bits per heavy atom. The van der Waals surface area contributed by atoms with Crippen molar-refractivity contribution in [3.05, 3.63) is 95.1 Å². The van der Waals surface area contributed by atoms with Crippen molar-refractivity contribution < 1.29 is 0 Å². The molecule has 0 aliphatic heterocycles. The second-order valence-electron chi connectivity index (χ2n) is 7.33. The van der Waals surface area contributed by atoms with Crippen molar-refractivity contribution in [3.8, 4) is 0 Å². The Labute approximate surface area is 151 Å². The van der Waals surface area contributed by atoms with Crippen LogP contribution in [-0.2, 0) is 0 Å². The van der Waals surface area contributed by atoms with E-state index in [4.69, 9.17) is 0 Å². The summed E-state index contributed by atoms with van der Waals surface area (Å²) in [6.07, 6.45) is 8.89. The van der Waals surface area contributed by atoms with Crippen molar-refractivity contribution in [1.29, 1.82) is 0 Å². The van der Waals surface area contributed by atoms with E-state index in [0.29, 0.717) is 5.92 Å². The fourth-order valence-corrected chi connectivity index (χ4v) is 4.16. The van der Waals surface area contributed by atoms with Crippen molar-refractivity contribution in [1.82, 2.24) is 0 Å². The number of benzene rings is 3. The number of hydrogen-bond donors (Lipinski definition) is 0. The topological polar surface area (TPSA) is 0 Å². The van der Waals surface area contributed by atoms with Crippen molar-refractivity contribution in [2.75, 3.05) is 0 Å². The van der Waals surface area contributed by atoms with Crippen LogP contribution in [0.2, 0.25) is 0 Å². The molecule has 25 heavy (non-hydrogen) atoms. The largest absolute Gasteiger partial charge is 0.0853 e. The lowest BCUT2D eigenvalue weighted by Gasteiger charge is -2.23. The van der Waals surface area contributed by atoms with Crippen molar-refractivity contribution in [3.63, 3.8) is 0 Å². The van der Waals surface area contributed by atoms with Crippen LogP contribution in [0.1, 0.15) is 54.7 Å². The highest BCUT2D eigenvalue weighted by Gasteiger charge is 2.19. The van der Waals surface area contributed by atoms with Crippen LogP contribution in [-0.4, -0.2) is 0 Å². The van der Waals surface area contributed by atoms with Crippen LogP contribution in [0.15, 0.2) is 78.4 Å². The summed E-state index contributed by atoms with van der Waals surface area (Å²) in [6.45, 7) is 2.25. The summed E-state index contributed by atoms with van der Waals surface area (Å²) >= 11 is 0. The minimum atomic E-state index is 0.454. The first-order valence-corrected chi connectivity index (χ1v) is 9.53. The average molecular weight is 326 g/mol. The molecule has 1 unspecified atom stereocenters. The first-order chi connectivity index (χ1) is 12.3. The minimum absolute atomic E-state index is 0.454. The van der Waals surface area contributed by atoms with E-state index in [2.05, 4.69) is 79.7 Å². The quantitative estimate of drug-likeness (QED) is 0.446. The Bertz CT molecular complexity index is 901. The van der Waals surface area contributed by atoms with Gasteiger partial charge in [0.25, 0.3) is 0 Å². The van der Waals surface area contributed by atoms with Gasteiger partial charge in [-0.1, -0.05) is 78.4 Å². The standard InChI is InChI=1S/C25H26/c1-19-9-5-8-14-24(19)25(17-20-10-3-2-4-11-20)23-16-15-21-12-6-7-13-22(21)18-23/h5-10,12-16,18,25H,2-4,11,17H2,1H3. The third kappa shape index (κ3) is 3.54. The zero-order valence-electron chi connectivity index (χ0n) is 15.0. The van der Waals surface area contributed by atoms with Gasteiger partial charge in [0.2, 0.25) is 0 Å². The molecule has 0 heteroatoms. The van der Waals surface area contributed by atoms with Gasteiger partial charge in [0.15, 0.2) is 0 Å². The maximum Gasteiger partial charge on any atom is 0.0129 e. The molecule has 0 heterocycles. The van der Waals surface area contributed by atoms with E-state index in [1.165, 1.54) is 53.1 Å². The molecule has 0 spiro atoms. The van der Waals surface area contributed by atoms with Crippen LogP contribution in [0.4, 0.5) is 0 Å². The average Bonchev–Trinajstić information content (AvgIpc) is 2.67. The Hall–Kier alpha value is -2.34. The van der Waals surface area contributed by atoms with Crippen LogP contribution in [0.3, 0.4) is 0 Å². The molecule has 0 saturated carbocycles. The Morgan fingerprint density at radius 1 is 0.840 bits per heavy atom. The predicted octanol–water partition coefficient (Wildman–Crippen LogP) is 7.17. The molecule has 0 aromatic heterocycles. The first-order valence-electron chi connectivity index (χ1n) is 9.53. The third-order valence-electron chi connectivity index (χ3n) is 5.59. The van der Waals surface area contributed by atoms with Gasteiger partial charge in [-0.3, -0.25) is 0 Å². The number of hydrogen-bond acceptors (Lipinski definition) is 0. The zero-order valence-corrected chi connectivity index (χ0v) is 15.0. The van der Waals surface area contributed by atoms with Gasteiger partial charge in [0.05, 0.1) is 0 Å². The van der Waals surface area contributed by atoms with E-state index in [9.17, 15) is 0 Å². The fourth-order valence-electron chi connectivity index (χ4n) is 4.16. The molecule has 1 aliphatic carbocycles. The van der Waals surface area contributed by atoms with Crippen LogP contribution in [0.5, 0.6) is 0 Å². The Kier molecular flexibility index (Phi) is 4.70. The monoisotopic (exact) mass is 326 g/mol. The summed E-state index contributed by atoms with van der Waals surface area (Å²) < 4.78 is 0. The number of rotatable bonds is 4. The maximum atomic E-state index is 2.50. The van der Waals surface area contributed by atoms with Gasteiger partial charge in [-0.05, 0) is 66.5 Å². The van der Waals surface area contributed by atoms with Crippen LogP contribution in [0.25, 0.3) is 10.8 Å². The fraction of sp³-hybridized carbons (Fsp3) is 0.280. The molecule has 0 N–H and O–H groups in total. The molecule has 0 nitrogen and oxygen atoms in total. The summed E-state index contributed by atoms with van der Waals surface area (Å²) in [5.74, 6) is 0.454. The van der Waals surface area contributed by atoms with Crippen molar-refractivity contribution in [2.24, 2.45) is 0 Å². The van der Waals surface area contributed by atoms with Gasteiger partial charge < -0.3 is 0 Å². The van der Waals surface area contributed by atoms with Crippen LogP contribution in [0, 0.1) is 6.92 Å². The molecular weight excluding hydrogens is 300 g/mol. The number of aryl methyl sites for hydroxylation is 1. The molecule has 0 radical (unpaired) electrons. The molecule has 126 valence electrons. The van der Waals surface area contributed by atoms with E-state index in [0.717, 1.165) is 6.42 Å². The van der Waals surface area contributed by atoms with Crippen LogP contribution < -0.4 is 0 Å². The van der Waals surface area contributed by atoms with Gasteiger partial charge in [-0.25, -0.2) is 0 Å². The third-order valence-corrected chi connectivity index (χ3v) is 5.59. The molecule has 1 atom stereocenters. The molecule has 3 aromatic carbocycles. The molecule has 3 aromatic rings. The van der Waals surface area contributed by atoms with Crippen molar-refractivity contribution in [2.45, 2.75) is 44.9 Å². The SMILES string of the molecule is Cc1ccccc1C(CC1=CCCCC1)c1ccc2ccccc2c1. The Balaban J connectivity index is 1.78. The van der Waals surface area contributed by atoms with Gasteiger partial charge in [-0.15, -0.1) is 0 Å². The summed E-state index contributed by atoms with van der Waals surface area (Å²) in [4.78, 5) is 0. The van der Waals surface area contributed by atoms with E-state index in [-0.39, 0.29) is 0 Å². The summed E-state index contributed by atoms with van der Waals surface area (Å²) in [6, 6.07) is 24.6. The maximum absolute atomic E-state index is 2.50. The first kappa shape index (κ1) is 16.1. The van der Waals surface area contributed by atoms with Gasteiger partial charge in [-0.2, -0.15) is 0 Å². The van der Waals surface area contributed by atoms with Crippen molar-refractivity contribution >= 4 is 10.8 Å². The molecule has 0 amide bonds. The molecule has 1 aliphatic rings. The number of fused-ring (bicyclic) bond motifs is 1. The normalized spacial score (nSPS) is 15.8. The summed E-state index contributed by atoms with van der Waals surface area (Å²) in [7, 11) is 0. The van der Waals surface area contributed by atoms with Gasteiger partial charge in [0.1, 0.15) is 0 Å². The second kappa shape index (κ2) is 7.27. The van der Waals surface area contributed by atoms with Crippen LogP contribution >= 0.6 is 0 Å². The lowest BCUT2D eigenvalue weighted by molar-refractivity contribution is 0.652. The lowest BCUT2D eigenvalue weighted by atomic mass is 9.81. The molecular formula is C25H26. The van der Waals surface area contributed by atoms with E-state index < -0.39 is 0 Å². The highest BCUT2D eigenvalue weighted by Crippen LogP contribution is 2.36. The lowest BCUT2D eigenvalue weighted by Crippen LogP contribution is -2.06. The second-order valence-corrected chi connectivity index (χ2v) is 7.33. The zero-order chi connectivity index (χ0) is 17.1. The van der Waals surface area contributed by atoms with Gasteiger partial charge in [0, 0.05) is 5.92 Å².